The Hall–Kier alpha value is -3.59. The van der Waals surface area contributed by atoms with E-state index in [4.69, 9.17) is 4.74 Å². The van der Waals surface area contributed by atoms with Crippen LogP contribution in [0.5, 0.6) is 5.75 Å². The molecule has 0 aliphatic rings. The molecule has 0 fully saturated rings. The maximum Gasteiger partial charge on any atom is 0.408 e. The number of rotatable bonds is 9. The summed E-state index contributed by atoms with van der Waals surface area (Å²) in [5.41, 5.74) is 1.32. The number of aliphatic hydroxyl groups excluding tert-OH is 1. The number of benzene rings is 2. The molecule has 0 saturated carbocycles. The summed E-state index contributed by atoms with van der Waals surface area (Å²) >= 11 is 0. The number of carboxylic acid groups (broad SMARTS) is 1. The van der Waals surface area contributed by atoms with Crippen molar-refractivity contribution in [2.24, 2.45) is 0 Å². The van der Waals surface area contributed by atoms with E-state index in [1.54, 1.807) is 24.3 Å². The molecule has 2 aromatic carbocycles. The average molecular weight is 402 g/mol. The molecule has 9 nitrogen and oxygen atoms in total. The second-order valence-corrected chi connectivity index (χ2v) is 6.21. The minimum atomic E-state index is -1.38. The van der Waals surface area contributed by atoms with Crippen LogP contribution in [-0.4, -0.2) is 52.0 Å². The zero-order chi connectivity index (χ0) is 21.2. The third-order valence-electron chi connectivity index (χ3n) is 3.99. The molecule has 0 unspecified atom stereocenters. The van der Waals surface area contributed by atoms with Crippen molar-refractivity contribution in [1.29, 1.82) is 0 Å². The number of hydrogen-bond acceptors (Lipinski definition) is 6. The topological polar surface area (TPSA) is 145 Å². The molecule has 0 aliphatic carbocycles. The van der Waals surface area contributed by atoms with Crippen molar-refractivity contribution in [2.75, 3.05) is 6.61 Å². The van der Waals surface area contributed by atoms with Gasteiger partial charge in [0.1, 0.15) is 24.4 Å². The van der Waals surface area contributed by atoms with Gasteiger partial charge in [-0.1, -0.05) is 42.5 Å². The third kappa shape index (κ3) is 7.15. The summed E-state index contributed by atoms with van der Waals surface area (Å²) in [6.45, 7) is -0.761. The molecule has 2 aromatic rings. The molecule has 0 aromatic heterocycles. The van der Waals surface area contributed by atoms with E-state index in [9.17, 15) is 29.7 Å². The number of ether oxygens (including phenoxy) is 1. The van der Waals surface area contributed by atoms with Gasteiger partial charge < -0.3 is 30.7 Å². The van der Waals surface area contributed by atoms with Crippen LogP contribution in [0.15, 0.2) is 54.6 Å². The largest absolute Gasteiger partial charge is 0.508 e. The van der Waals surface area contributed by atoms with Crippen LogP contribution in [-0.2, 0) is 27.4 Å². The zero-order valence-corrected chi connectivity index (χ0v) is 15.4. The second kappa shape index (κ2) is 10.7. The van der Waals surface area contributed by atoms with Crippen molar-refractivity contribution < 1.29 is 34.4 Å². The SMILES string of the molecule is O=C(N[C@@H](CO)C(=O)N[C@@H](Cc1ccc(O)cc1)C(=O)O)OCc1ccccc1. The van der Waals surface area contributed by atoms with E-state index in [-0.39, 0.29) is 18.8 Å². The van der Waals surface area contributed by atoms with E-state index in [0.717, 1.165) is 5.56 Å². The van der Waals surface area contributed by atoms with Crippen LogP contribution in [0.25, 0.3) is 0 Å². The predicted octanol–water partition coefficient (Wildman–Crippen LogP) is 0.791. The summed E-state index contributed by atoms with van der Waals surface area (Å²) < 4.78 is 4.99. The maximum atomic E-state index is 12.3. The number of carboxylic acids is 1. The van der Waals surface area contributed by atoms with Gasteiger partial charge in [0, 0.05) is 6.42 Å². The van der Waals surface area contributed by atoms with Gasteiger partial charge in [-0.2, -0.15) is 0 Å². The standard InChI is InChI=1S/C20H22N2O7/c23-11-17(22-20(28)29-12-14-4-2-1-3-5-14)18(25)21-16(19(26)27)10-13-6-8-15(24)9-7-13/h1-9,16-17,23-24H,10-12H2,(H,21,25)(H,22,28)(H,26,27)/t16-,17-/m0/s1. The molecule has 0 bridgehead atoms. The van der Waals surface area contributed by atoms with Crippen molar-refractivity contribution >= 4 is 18.0 Å². The Labute approximate surface area is 166 Å². The van der Waals surface area contributed by atoms with Gasteiger partial charge in [0.2, 0.25) is 5.91 Å². The van der Waals surface area contributed by atoms with Gasteiger partial charge in [-0.05, 0) is 23.3 Å². The first-order chi connectivity index (χ1) is 13.9. The zero-order valence-electron chi connectivity index (χ0n) is 15.4. The monoisotopic (exact) mass is 402 g/mol. The summed E-state index contributed by atoms with van der Waals surface area (Å²) in [7, 11) is 0. The predicted molar refractivity (Wildman–Crippen MR) is 102 cm³/mol. The van der Waals surface area contributed by atoms with Gasteiger partial charge in [-0.25, -0.2) is 9.59 Å². The number of hydrogen-bond donors (Lipinski definition) is 5. The van der Waals surface area contributed by atoms with Crippen LogP contribution < -0.4 is 10.6 Å². The normalized spacial score (nSPS) is 12.4. The summed E-state index contributed by atoms with van der Waals surface area (Å²) in [6.07, 6.45) is -0.966. The molecule has 2 atom stereocenters. The van der Waals surface area contributed by atoms with Crippen LogP contribution >= 0.6 is 0 Å². The summed E-state index contributed by atoms with van der Waals surface area (Å²) in [5, 5.41) is 32.5. The molecule has 29 heavy (non-hydrogen) atoms. The van der Waals surface area contributed by atoms with Crippen LogP contribution in [0.1, 0.15) is 11.1 Å². The van der Waals surface area contributed by atoms with Crippen molar-refractivity contribution in [2.45, 2.75) is 25.1 Å². The maximum absolute atomic E-state index is 12.3. The number of aromatic hydroxyl groups is 1. The molecule has 5 N–H and O–H groups in total. The lowest BCUT2D eigenvalue weighted by molar-refractivity contribution is -0.142. The highest BCUT2D eigenvalue weighted by Gasteiger charge is 2.26. The van der Waals surface area contributed by atoms with Crippen molar-refractivity contribution in [3.8, 4) is 5.75 Å². The first kappa shape index (κ1) is 21.7. The van der Waals surface area contributed by atoms with Crippen LogP contribution in [0.3, 0.4) is 0 Å². The smallest absolute Gasteiger partial charge is 0.408 e. The van der Waals surface area contributed by atoms with Crippen molar-refractivity contribution in [1.82, 2.24) is 10.6 Å². The Morgan fingerprint density at radius 2 is 1.55 bits per heavy atom. The molecule has 0 spiro atoms. The number of alkyl carbamates (subject to hydrolysis) is 1. The lowest BCUT2D eigenvalue weighted by Crippen LogP contribution is -2.53. The quantitative estimate of drug-likeness (QED) is 0.417. The van der Waals surface area contributed by atoms with Gasteiger partial charge in [-0.3, -0.25) is 4.79 Å². The molecule has 2 amide bonds. The first-order valence-corrected chi connectivity index (χ1v) is 8.78. The van der Waals surface area contributed by atoms with Crippen LogP contribution in [0.4, 0.5) is 4.79 Å². The minimum Gasteiger partial charge on any atom is -0.508 e. The molecule has 2 rings (SSSR count). The Balaban J connectivity index is 1.91. The minimum absolute atomic E-state index is 0.0228. The fourth-order valence-corrected chi connectivity index (χ4v) is 2.44. The first-order valence-electron chi connectivity index (χ1n) is 8.78. The van der Waals surface area contributed by atoms with Gasteiger partial charge in [0.15, 0.2) is 0 Å². The Morgan fingerprint density at radius 3 is 2.14 bits per heavy atom. The van der Waals surface area contributed by atoms with Crippen molar-refractivity contribution in [3.63, 3.8) is 0 Å². The molecule has 0 heterocycles. The number of nitrogens with one attached hydrogen (secondary N) is 2. The molecule has 154 valence electrons. The number of carbonyl (C=O) groups excluding carboxylic acids is 2. The van der Waals surface area contributed by atoms with E-state index in [1.165, 1.54) is 24.3 Å². The second-order valence-electron chi connectivity index (χ2n) is 6.21. The highest BCUT2D eigenvalue weighted by molar-refractivity contribution is 5.89. The number of phenolic OH excluding ortho intramolecular Hbond substituents is 1. The highest BCUT2D eigenvalue weighted by atomic mass is 16.5. The Morgan fingerprint density at radius 1 is 0.897 bits per heavy atom. The van der Waals surface area contributed by atoms with Gasteiger partial charge in [0.05, 0.1) is 6.61 Å². The Kier molecular flexibility index (Phi) is 7.99. The molecule has 0 radical (unpaired) electrons. The van der Waals surface area contributed by atoms with Crippen LogP contribution in [0, 0.1) is 0 Å². The van der Waals surface area contributed by atoms with E-state index < -0.39 is 36.7 Å². The lowest BCUT2D eigenvalue weighted by Gasteiger charge is -2.20. The fraction of sp³-hybridized carbons (Fsp3) is 0.250. The van der Waals surface area contributed by atoms with E-state index >= 15 is 0 Å². The molecular formula is C20H22N2O7. The number of phenols is 1. The molecule has 0 aliphatic heterocycles. The molecular weight excluding hydrogens is 380 g/mol. The Bertz CT molecular complexity index is 824. The van der Waals surface area contributed by atoms with Crippen LogP contribution in [0.2, 0.25) is 0 Å². The van der Waals surface area contributed by atoms with E-state index in [2.05, 4.69) is 10.6 Å². The molecule has 9 heteroatoms. The number of amides is 2. The summed E-state index contributed by atoms with van der Waals surface area (Å²) in [5.74, 6) is -2.12. The summed E-state index contributed by atoms with van der Waals surface area (Å²) in [6, 6.07) is 12.1. The summed E-state index contributed by atoms with van der Waals surface area (Å²) in [4.78, 5) is 35.6. The fourth-order valence-electron chi connectivity index (χ4n) is 2.44. The van der Waals surface area contributed by atoms with Gasteiger partial charge >= 0.3 is 12.1 Å². The highest BCUT2D eigenvalue weighted by Crippen LogP contribution is 2.11. The third-order valence-corrected chi connectivity index (χ3v) is 3.99. The average Bonchev–Trinajstić information content (AvgIpc) is 2.72. The van der Waals surface area contributed by atoms with E-state index in [0.29, 0.717) is 5.56 Å². The van der Waals surface area contributed by atoms with Gasteiger partial charge in [-0.15, -0.1) is 0 Å². The van der Waals surface area contributed by atoms with E-state index in [1.807, 2.05) is 6.07 Å². The molecule has 0 saturated heterocycles. The number of aliphatic hydroxyl groups is 1. The lowest BCUT2D eigenvalue weighted by atomic mass is 10.1. The van der Waals surface area contributed by atoms with Gasteiger partial charge in [0.25, 0.3) is 0 Å². The number of aliphatic carboxylic acids is 1. The van der Waals surface area contributed by atoms with Crippen molar-refractivity contribution in [3.05, 3.63) is 65.7 Å². The number of carbonyl (C=O) groups is 3.